The molecule has 4 nitrogen and oxygen atoms in total. The molecule has 0 N–H and O–H groups in total. The van der Waals surface area contributed by atoms with Crippen molar-refractivity contribution in [3.8, 4) is 5.75 Å². The van der Waals surface area contributed by atoms with Gasteiger partial charge in [0, 0.05) is 36.4 Å². The van der Waals surface area contributed by atoms with E-state index in [2.05, 4.69) is 58.9 Å². The maximum atomic E-state index is 6.13. The molecule has 2 aromatic rings. The third-order valence-electron chi connectivity index (χ3n) is 7.74. The second-order valence-corrected chi connectivity index (χ2v) is 11.0. The standard InChI is InChI=1S/C32H46O4/c1-6-12-33-19-24-15-28(16-25(20-34-13-7-2)30(24)23-10-9-11-23)32(4,5)29-17-26(21-35-14-8-3)31-27(18-29)22-36-31/h15-18,23H,6-14,19-22H2,1-5H3. The Kier molecular flexibility index (Phi) is 9.49. The average molecular weight is 495 g/mol. The highest BCUT2D eigenvalue weighted by Crippen LogP contribution is 2.44. The topological polar surface area (TPSA) is 36.9 Å². The molecule has 1 fully saturated rings. The molecule has 0 spiro atoms. The van der Waals surface area contributed by atoms with E-state index in [1.54, 1.807) is 0 Å². The van der Waals surface area contributed by atoms with Crippen molar-refractivity contribution in [1.29, 1.82) is 0 Å². The van der Waals surface area contributed by atoms with Crippen LogP contribution in [0, 0.1) is 0 Å². The first-order chi connectivity index (χ1) is 17.5. The third kappa shape index (κ3) is 5.98. The van der Waals surface area contributed by atoms with E-state index < -0.39 is 0 Å². The lowest BCUT2D eigenvalue weighted by molar-refractivity contribution is 0.115. The molecule has 2 aromatic carbocycles. The van der Waals surface area contributed by atoms with Crippen LogP contribution in [0.3, 0.4) is 0 Å². The van der Waals surface area contributed by atoms with E-state index >= 15 is 0 Å². The summed E-state index contributed by atoms with van der Waals surface area (Å²) in [7, 11) is 0. The molecular formula is C32H46O4. The molecule has 1 saturated carbocycles. The van der Waals surface area contributed by atoms with Gasteiger partial charge < -0.3 is 18.9 Å². The molecule has 0 saturated heterocycles. The van der Waals surface area contributed by atoms with Gasteiger partial charge in [-0.15, -0.1) is 0 Å². The van der Waals surface area contributed by atoms with E-state index in [0.717, 1.165) is 44.8 Å². The third-order valence-corrected chi connectivity index (χ3v) is 7.74. The van der Waals surface area contributed by atoms with E-state index in [1.807, 2.05) is 0 Å². The fraction of sp³-hybridized carbons (Fsp3) is 0.625. The van der Waals surface area contributed by atoms with Gasteiger partial charge in [0.15, 0.2) is 0 Å². The molecule has 2 aliphatic rings. The highest BCUT2D eigenvalue weighted by molar-refractivity contribution is 5.54. The van der Waals surface area contributed by atoms with Crippen LogP contribution < -0.4 is 4.74 Å². The van der Waals surface area contributed by atoms with Gasteiger partial charge >= 0.3 is 0 Å². The molecule has 0 aromatic heterocycles. The molecule has 1 aliphatic heterocycles. The quantitative estimate of drug-likeness (QED) is 0.235. The van der Waals surface area contributed by atoms with E-state index in [4.69, 9.17) is 18.9 Å². The van der Waals surface area contributed by atoms with E-state index in [-0.39, 0.29) is 5.41 Å². The Balaban J connectivity index is 1.73. The Morgan fingerprint density at radius 2 is 1.25 bits per heavy atom. The SMILES string of the molecule is CCCOCc1cc(C(C)(C)c2cc(COCCC)c(C3CCC3)c(COCCC)c2)cc2c1OC2. The Bertz CT molecular complexity index is 974. The van der Waals surface area contributed by atoms with E-state index in [1.165, 1.54) is 58.2 Å². The number of hydrogen-bond acceptors (Lipinski definition) is 4. The molecule has 1 heterocycles. The minimum Gasteiger partial charge on any atom is -0.488 e. The molecule has 0 atom stereocenters. The number of ether oxygens (including phenoxy) is 4. The van der Waals surface area contributed by atoms with Crippen LogP contribution in [0.2, 0.25) is 0 Å². The number of hydrogen-bond donors (Lipinski definition) is 0. The fourth-order valence-electron chi connectivity index (χ4n) is 5.33. The first kappa shape index (κ1) is 27.2. The van der Waals surface area contributed by atoms with Crippen molar-refractivity contribution in [1.82, 2.24) is 0 Å². The van der Waals surface area contributed by atoms with Gasteiger partial charge in [0.05, 0.1) is 19.8 Å². The zero-order valence-corrected chi connectivity index (χ0v) is 23.2. The van der Waals surface area contributed by atoms with Crippen molar-refractivity contribution in [2.75, 3.05) is 19.8 Å². The van der Waals surface area contributed by atoms with Gasteiger partial charge in [-0.2, -0.15) is 0 Å². The van der Waals surface area contributed by atoms with Crippen LogP contribution in [-0.4, -0.2) is 19.8 Å². The molecule has 36 heavy (non-hydrogen) atoms. The summed E-state index contributed by atoms with van der Waals surface area (Å²) < 4.78 is 24.0. The summed E-state index contributed by atoms with van der Waals surface area (Å²) in [5.41, 5.74) is 9.14. The van der Waals surface area contributed by atoms with Gasteiger partial charge in [-0.05, 0) is 78.0 Å². The Morgan fingerprint density at radius 1 is 0.750 bits per heavy atom. The minimum atomic E-state index is -0.165. The first-order valence-electron chi connectivity index (χ1n) is 14.2. The lowest BCUT2D eigenvalue weighted by Gasteiger charge is -2.35. The smallest absolute Gasteiger partial charge is 0.131 e. The molecule has 1 aliphatic carbocycles. The maximum Gasteiger partial charge on any atom is 0.131 e. The second kappa shape index (κ2) is 12.6. The second-order valence-electron chi connectivity index (χ2n) is 11.0. The maximum absolute atomic E-state index is 6.13. The summed E-state index contributed by atoms with van der Waals surface area (Å²) in [5, 5.41) is 0. The van der Waals surface area contributed by atoms with Gasteiger partial charge in [0.1, 0.15) is 12.4 Å². The Morgan fingerprint density at radius 3 is 1.69 bits per heavy atom. The summed E-state index contributed by atoms with van der Waals surface area (Å²) in [4.78, 5) is 0. The van der Waals surface area contributed by atoms with E-state index in [0.29, 0.717) is 32.3 Å². The number of benzene rings is 2. The van der Waals surface area contributed by atoms with Gasteiger partial charge in [0.2, 0.25) is 0 Å². The largest absolute Gasteiger partial charge is 0.488 e. The molecule has 198 valence electrons. The average Bonchev–Trinajstić information content (AvgIpc) is 2.80. The first-order valence-corrected chi connectivity index (χ1v) is 14.2. The van der Waals surface area contributed by atoms with Crippen LogP contribution in [0.1, 0.15) is 118 Å². The Labute approximate surface area is 218 Å². The normalized spacial score (nSPS) is 15.2. The molecule has 0 amide bonds. The van der Waals surface area contributed by atoms with Crippen molar-refractivity contribution >= 4 is 0 Å². The van der Waals surface area contributed by atoms with Gasteiger partial charge in [-0.1, -0.05) is 53.2 Å². The van der Waals surface area contributed by atoms with Crippen molar-refractivity contribution in [3.63, 3.8) is 0 Å². The Hall–Kier alpha value is -1.88. The van der Waals surface area contributed by atoms with Gasteiger partial charge in [-0.25, -0.2) is 0 Å². The zero-order chi connectivity index (χ0) is 25.5. The van der Waals surface area contributed by atoms with E-state index in [9.17, 15) is 0 Å². The highest BCUT2D eigenvalue weighted by Gasteiger charge is 2.32. The van der Waals surface area contributed by atoms with Crippen molar-refractivity contribution < 1.29 is 18.9 Å². The molecule has 4 rings (SSSR count). The molecule has 4 heteroatoms. The van der Waals surface area contributed by atoms with Crippen molar-refractivity contribution in [2.24, 2.45) is 0 Å². The fourth-order valence-corrected chi connectivity index (χ4v) is 5.33. The van der Waals surface area contributed by atoms with Crippen LogP contribution in [0.25, 0.3) is 0 Å². The van der Waals surface area contributed by atoms with Crippen molar-refractivity contribution in [2.45, 2.75) is 111 Å². The van der Waals surface area contributed by atoms with Crippen LogP contribution in [0.5, 0.6) is 5.75 Å². The van der Waals surface area contributed by atoms with Crippen molar-refractivity contribution in [3.05, 3.63) is 63.2 Å². The van der Waals surface area contributed by atoms with Gasteiger partial charge in [0.25, 0.3) is 0 Å². The number of fused-ring (bicyclic) bond motifs is 1. The van der Waals surface area contributed by atoms with Crippen LogP contribution >= 0.6 is 0 Å². The number of rotatable bonds is 15. The molecular weight excluding hydrogens is 448 g/mol. The van der Waals surface area contributed by atoms with Crippen LogP contribution in [0.4, 0.5) is 0 Å². The zero-order valence-electron chi connectivity index (χ0n) is 23.2. The lowest BCUT2D eigenvalue weighted by Crippen LogP contribution is -2.24. The summed E-state index contributed by atoms with van der Waals surface area (Å²) in [6.45, 7) is 16.2. The predicted molar refractivity (Wildman–Crippen MR) is 146 cm³/mol. The lowest BCUT2D eigenvalue weighted by atomic mass is 9.72. The summed E-state index contributed by atoms with van der Waals surface area (Å²) in [6, 6.07) is 9.49. The predicted octanol–water partition coefficient (Wildman–Crippen LogP) is 7.95. The van der Waals surface area contributed by atoms with Crippen LogP contribution in [-0.2, 0) is 46.1 Å². The molecule has 0 bridgehead atoms. The monoisotopic (exact) mass is 494 g/mol. The highest BCUT2D eigenvalue weighted by atomic mass is 16.5. The van der Waals surface area contributed by atoms with Crippen LogP contribution in [0.15, 0.2) is 24.3 Å². The summed E-state index contributed by atoms with van der Waals surface area (Å²) in [5.74, 6) is 1.66. The van der Waals surface area contributed by atoms with Gasteiger partial charge in [-0.3, -0.25) is 0 Å². The molecule has 0 unspecified atom stereocenters. The minimum absolute atomic E-state index is 0.165. The molecule has 0 radical (unpaired) electrons. The summed E-state index contributed by atoms with van der Waals surface area (Å²) >= 11 is 0. The summed E-state index contributed by atoms with van der Waals surface area (Å²) in [6.07, 6.45) is 6.97.